The molecular formula is C20H22O6. The van der Waals surface area contributed by atoms with Crippen LogP contribution in [0.3, 0.4) is 0 Å². The molecule has 2 aliphatic rings. The zero-order valence-corrected chi connectivity index (χ0v) is 14.9. The molecule has 0 unspecified atom stereocenters. The number of allylic oxidation sites excluding steroid dienone is 2. The first-order chi connectivity index (χ1) is 12.3. The number of cyclic esters (lactones) is 1. The minimum absolute atomic E-state index is 0.0408. The summed E-state index contributed by atoms with van der Waals surface area (Å²) in [5.74, 6) is -2.22. The predicted molar refractivity (Wildman–Crippen MR) is 93.6 cm³/mol. The molecular weight excluding hydrogens is 336 g/mol. The molecule has 1 aromatic rings. The minimum Gasteiger partial charge on any atom is -0.481 e. The second-order valence-electron chi connectivity index (χ2n) is 7.05. The molecule has 26 heavy (non-hydrogen) atoms. The molecule has 0 atom stereocenters. The van der Waals surface area contributed by atoms with Crippen LogP contribution >= 0.6 is 0 Å². The molecule has 1 aromatic carbocycles. The zero-order chi connectivity index (χ0) is 19.0. The van der Waals surface area contributed by atoms with E-state index >= 15 is 0 Å². The lowest BCUT2D eigenvalue weighted by atomic mass is 9.84. The van der Waals surface area contributed by atoms with Crippen molar-refractivity contribution < 1.29 is 29.3 Å². The van der Waals surface area contributed by atoms with E-state index in [-0.39, 0.29) is 24.2 Å². The number of carboxylic acid groups (broad SMARTS) is 2. The van der Waals surface area contributed by atoms with Gasteiger partial charge in [-0.2, -0.15) is 0 Å². The van der Waals surface area contributed by atoms with Gasteiger partial charge in [-0.25, -0.2) is 9.59 Å². The van der Waals surface area contributed by atoms with Crippen LogP contribution in [-0.4, -0.2) is 28.1 Å². The van der Waals surface area contributed by atoms with Gasteiger partial charge in [-0.15, -0.1) is 0 Å². The monoisotopic (exact) mass is 358 g/mol. The maximum atomic E-state index is 12.1. The van der Waals surface area contributed by atoms with Crippen LogP contribution in [0.5, 0.6) is 0 Å². The number of esters is 1. The Labute approximate surface area is 151 Å². The number of carbonyl (C=O) groups excluding carboxylic acids is 1. The number of benzene rings is 1. The summed E-state index contributed by atoms with van der Waals surface area (Å²) in [4.78, 5) is 34.9. The Kier molecular flexibility index (Phi) is 4.85. The molecule has 0 bridgehead atoms. The van der Waals surface area contributed by atoms with E-state index in [0.29, 0.717) is 29.9 Å². The number of carboxylic acids is 2. The standard InChI is InChI=1S/C20H22O6/c1-10(4-8-15(21)22)3-7-13-16(12-5-6-12)11(2)14-9-26-20(25)18(14)17(13)19(23)24/h3,12H,4-9H2,1-2H3,(H,21,22)(H,23,24)/b10-3+. The lowest BCUT2D eigenvalue weighted by molar-refractivity contribution is -0.136. The van der Waals surface area contributed by atoms with E-state index in [1.807, 2.05) is 19.9 Å². The summed E-state index contributed by atoms with van der Waals surface area (Å²) in [5, 5.41) is 18.6. The van der Waals surface area contributed by atoms with Crippen molar-refractivity contribution in [1.82, 2.24) is 0 Å². The summed E-state index contributed by atoms with van der Waals surface area (Å²) in [5.41, 5.74) is 4.50. The molecule has 0 amide bonds. The highest BCUT2D eigenvalue weighted by Crippen LogP contribution is 2.47. The Morgan fingerprint density at radius 2 is 1.92 bits per heavy atom. The highest BCUT2D eigenvalue weighted by atomic mass is 16.5. The van der Waals surface area contributed by atoms with Crippen molar-refractivity contribution >= 4 is 17.9 Å². The first-order valence-electron chi connectivity index (χ1n) is 8.77. The number of aliphatic carboxylic acids is 1. The number of fused-ring (bicyclic) bond motifs is 1. The molecule has 1 saturated carbocycles. The maximum Gasteiger partial charge on any atom is 0.339 e. The molecule has 3 rings (SSSR count). The number of carbonyl (C=O) groups is 3. The summed E-state index contributed by atoms with van der Waals surface area (Å²) in [6.45, 7) is 3.91. The molecule has 1 heterocycles. The first-order valence-corrected chi connectivity index (χ1v) is 8.77. The number of hydrogen-bond donors (Lipinski definition) is 2. The van der Waals surface area contributed by atoms with E-state index in [4.69, 9.17) is 9.84 Å². The SMILES string of the molecule is C/C(=C\Cc1c(C(=O)O)c2c(c(C)c1C1CC1)COC2=O)CCC(=O)O. The van der Waals surface area contributed by atoms with Gasteiger partial charge in [-0.1, -0.05) is 11.6 Å². The van der Waals surface area contributed by atoms with Gasteiger partial charge in [0.25, 0.3) is 0 Å². The third-order valence-corrected chi connectivity index (χ3v) is 5.17. The molecule has 6 heteroatoms. The van der Waals surface area contributed by atoms with Gasteiger partial charge in [-0.05, 0) is 62.1 Å². The van der Waals surface area contributed by atoms with Crippen molar-refractivity contribution in [2.24, 2.45) is 0 Å². The van der Waals surface area contributed by atoms with E-state index in [9.17, 15) is 19.5 Å². The molecule has 6 nitrogen and oxygen atoms in total. The number of hydrogen-bond acceptors (Lipinski definition) is 4. The van der Waals surface area contributed by atoms with Gasteiger partial charge in [0.05, 0.1) is 11.1 Å². The van der Waals surface area contributed by atoms with Crippen molar-refractivity contribution in [3.05, 3.63) is 45.0 Å². The Balaban J connectivity index is 2.08. The van der Waals surface area contributed by atoms with Gasteiger partial charge in [0.2, 0.25) is 0 Å². The number of aromatic carboxylic acids is 1. The van der Waals surface area contributed by atoms with Crippen LogP contribution in [-0.2, 0) is 22.6 Å². The molecule has 0 spiro atoms. The molecule has 1 fully saturated rings. The second kappa shape index (κ2) is 6.94. The zero-order valence-electron chi connectivity index (χ0n) is 14.9. The van der Waals surface area contributed by atoms with Crippen LogP contribution in [0, 0.1) is 6.92 Å². The summed E-state index contributed by atoms with van der Waals surface area (Å²) < 4.78 is 5.11. The lowest BCUT2D eigenvalue weighted by Crippen LogP contribution is -2.14. The molecule has 0 saturated heterocycles. The van der Waals surface area contributed by atoms with Gasteiger partial charge in [0.15, 0.2) is 0 Å². The van der Waals surface area contributed by atoms with E-state index in [1.54, 1.807) is 0 Å². The summed E-state index contributed by atoms with van der Waals surface area (Å²) in [7, 11) is 0. The quantitative estimate of drug-likeness (QED) is 0.570. The van der Waals surface area contributed by atoms with E-state index in [2.05, 4.69) is 0 Å². The van der Waals surface area contributed by atoms with Crippen molar-refractivity contribution in [3.63, 3.8) is 0 Å². The van der Waals surface area contributed by atoms with Gasteiger partial charge >= 0.3 is 17.9 Å². The summed E-state index contributed by atoms with van der Waals surface area (Å²) in [6, 6.07) is 0. The lowest BCUT2D eigenvalue weighted by Gasteiger charge is -2.18. The Morgan fingerprint density at radius 3 is 2.50 bits per heavy atom. The normalized spacial score (nSPS) is 16.4. The molecule has 2 N–H and O–H groups in total. The van der Waals surface area contributed by atoms with E-state index < -0.39 is 17.9 Å². The third-order valence-electron chi connectivity index (χ3n) is 5.17. The highest BCUT2D eigenvalue weighted by Gasteiger charge is 2.38. The van der Waals surface area contributed by atoms with E-state index in [0.717, 1.165) is 29.5 Å². The molecule has 1 aliphatic heterocycles. The van der Waals surface area contributed by atoms with Crippen LogP contribution in [0.2, 0.25) is 0 Å². The largest absolute Gasteiger partial charge is 0.481 e. The van der Waals surface area contributed by atoms with Gasteiger partial charge in [0.1, 0.15) is 6.61 Å². The van der Waals surface area contributed by atoms with Crippen molar-refractivity contribution in [2.75, 3.05) is 0 Å². The Hall–Kier alpha value is -2.63. The predicted octanol–water partition coefficient (Wildman–Crippen LogP) is 3.59. The van der Waals surface area contributed by atoms with Crippen LogP contribution in [0.1, 0.15) is 81.5 Å². The fourth-order valence-electron chi connectivity index (χ4n) is 3.68. The fourth-order valence-corrected chi connectivity index (χ4v) is 3.68. The van der Waals surface area contributed by atoms with Crippen LogP contribution in [0.4, 0.5) is 0 Å². The maximum absolute atomic E-state index is 12.1. The average Bonchev–Trinajstić information content (AvgIpc) is 3.33. The number of rotatable bonds is 7. The highest BCUT2D eigenvalue weighted by molar-refractivity contribution is 6.06. The summed E-state index contributed by atoms with van der Waals surface area (Å²) in [6.07, 6.45) is 4.75. The molecule has 1 aliphatic carbocycles. The second-order valence-corrected chi connectivity index (χ2v) is 7.05. The van der Waals surface area contributed by atoms with Gasteiger partial charge in [-0.3, -0.25) is 4.79 Å². The molecule has 0 aromatic heterocycles. The van der Waals surface area contributed by atoms with E-state index in [1.165, 1.54) is 0 Å². The first kappa shape index (κ1) is 18.2. The smallest absolute Gasteiger partial charge is 0.339 e. The van der Waals surface area contributed by atoms with Crippen molar-refractivity contribution in [1.29, 1.82) is 0 Å². The molecule has 138 valence electrons. The molecule has 0 radical (unpaired) electrons. The van der Waals surface area contributed by atoms with Gasteiger partial charge < -0.3 is 14.9 Å². The van der Waals surface area contributed by atoms with Crippen LogP contribution < -0.4 is 0 Å². The average molecular weight is 358 g/mol. The summed E-state index contributed by atoms with van der Waals surface area (Å²) >= 11 is 0. The van der Waals surface area contributed by atoms with Gasteiger partial charge in [0, 0.05) is 12.0 Å². The topological polar surface area (TPSA) is 101 Å². The van der Waals surface area contributed by atoms with Crippen molar-refractivity contribution in [3.8, 4) is 0 Å². The fraction of sp³-hybridized carbons (Fsp3) is 0.450. The van der Waals surface area contributed by atoms with Crippen molar-refractivity contribution in [2.45, 2.75) is 58.5 Å². The Morgan fingerprint density at radius 1 is 1.23 bits per heavy atom. The third kappa shape index (κ3) is 3.36. The van der Waals surface area contributed by atoms with Crippen LogP contribution in [0.15, 0.2) is 11.6 Å². The van der Waals surface area contributed by atoms with Crippen LogP contribution in [0.25, 0.3) is 0 Å². The minimum atomic E-state index is -1.12. The Bertz CT molecular complexity index is 829. The number of ether oxygens (including phenoxy) is 1.